The molecule has 6 nitrogen and oxygen atoms in total. The lowest BCUT2D eigenvalue weighted by atomic mass is 9.97. The monoisotopic (exact) mass is 336 g/mol. The molecule has 0 unspecified atom stereocenters. The van der Waals surface area contributed by atoms with Gasteiger partial charge in [-0.3, -0.25) is 0 Å². The maximum Gasteiger partial charge on any atom is 0.410 e. The molecule has 0 saturated heterocycles. The zero-order valence-corrected chi connectivity index (χ0v) is 14.4. The average Bonchev–Trinajstić information content (AvgIpc) is 2.60. The molecular formula is C16H21ClN4O2. The largest absolute Gasteiger partial charge is 0.445 e. The van der Waals surface area contributed by atoms with Gasteiger partial charge in [0.05, 0.1) is 12.1 Å². The van der Waals surface area contributed by atoms with E-state index in [1.54, 1.807) is 11.9 Å². The summed E-state index contributed by atoms with van der Waals surface area (Å²) in [4.78, 5) is 17.6. The Bertz CT molecular complexity index is 625. The SMILES string of the molecule is C=CCOC(=O)N1CCc2c(NC)nc(Cl)c(C#N)c2C1.CC. The van der Waals surface area contributed by atoms with E-state index in [1.165, 1.54) is 6.08 Å². The van der Waals surface area contributed by atoms with Crippen LogP contribution in [-0.4, -0.2) is 36.2 Å². The van der Waals surface area contributed by atoms with Crippen LogP contribution in [0, 0.1) is 11.3 Å². The minimum atomic E-state index is -0.427. The molecule has 1 aliphatic rings. The highest BCUT2D eigenvalue weighted by atomic mass is 35.5. The van der Waals surface area contributed by atoms with E-state index >= 15 is 0 Å². The van der Waals surface area contributed by atoms with Crippen LogP contribution >= 0.6 is 11.6 Å². The van der Waals surface area contributed by atoms with E-state index in [-0.39, 0.29) is 18.3 Å². The number of anilines is 1. The van der Waals surface area contributed by atoms with Crippen molar-refractivity contribution in [1.82, 2.24) is 9.88 Å². The summed E-state index contributed by atoms with van der Waals surface area (Å²) in [5.74, 6) is 0.646. The van der Waals surface area contributed by atoms with Gasteiger partial charge in [0.15, 0.2) is 0 Å². The number of carbonyl (C=O) groups excluding carboxylic acids is 1. The molecule has 0 atom stereocenters. The van der Waals surface area contributed by atoms with Crippen molar-refractivity contribution in [3.63, 3.8) is 0 Å². The molecule has 2 rings (SSSR count). The molecule has 2 heterocycles. The number of rotatable bonds is 3. The van der Waals surface area contributed by atoms with E-state index < -0.39 is 6.09 Å². The molecule has 1 aromatic heterocycles. The standard InChI is InChI=1S/C14H15ClN4O2.C2H6/c1-3-6-21-14(20)19-5-4-9-11(8-19)10(7-16)12(15)18-13(9)17-2;1-2/h3H,1,4-6,8H2,2H3,(H,17,18);1-2H3. The number of nitrogens with zero attached hydrogens (tertiary/aromatic N) is 3. The van der Waals surface area contributed by atoms with Gasteiger partial charge in [-0.25, -0.2) is 9.78 Å². The fraction of sp³-hybridized carbons (Fsp3) is 0.438. The Balaban J connectivity index is 0.00000127. The molecule has 1 aliphatic heterocycles. The number of pyridine rings is 1. The zero-order chi connectivity index (χ0) is 17.4. The van der Waals surface area contributed by atoms with Crippen LogP contribution in [0.5, 0.6) is 0 Å². The highest BCUT2D eigenvalue weighted by Gasteiger charge is 2.27. The molecule has 1 N–H and O–H groups in total. The highest BCUT2D eigenvalue weighted by Crippen LogP contribution is 2.31. The third kappa shape index (κ3) is 4.14. The van der Waals surface area contributed by atoms with Crippen molar-refractivity contribution in [3.8, 4) is 6.07 Å². The number of carbonyl (C=O) groups is 1. The van der Waals surface area contributed by atoms with E-state index in [4.69, 9.17) is 16.3 Å². The van der Waals surface area contributed by atoms with Gasteiger partial charge in [0.25, 0.3) is 0 Å². The minimum Gasteiger partial charge on any atom is -0.445 e. The summed E-state index contributed by atoms with van der Waals surface area (Å²) in [5.41, 5.74) is 1.96. The summed E-state index contributed by atoms with van der Waals surface area (Å²) in [6.07, 6.45) is 1.67. The van der Waals surface area contributed by atoms with Crippen LogP contribution in [0.25, 0.3) is 0 Å². The second kappa shape index (κ2) is 9.01. The quantitative estimate of drug-likeness (QED) is 0.676. The summed E-state index contributed by atoms with van der Waals surface area (Å²) in [5, 5.41) is 12.4. The molecule has 0 fully saturated rings. The zero-order valence-electron chi connectivity index (χ0n) is 13.6. The lowest BCUT2D eigenvalue weighted by Crippen LogP contribution is -2.37. The van der Waals surface area contributed by atoms with Gasteiger partial charge in [0, 0.05) is 19.2 Å². The molecule has 0 spiro atoms. The number of amides is 1. The number of hydrogen-bond acceptors (Lipinski definition) is 5. The predicted molar refractivity (Wildman–Crippen MR) is 90.5 cm³/mol. The molecule has 23 heavy (non-hydrogen) atoms. The van der Waals surface area contributed by atoms with Gasteiger partial charge in [-0.2, -0.15) is 5.26 Å². The second-order valence-electron chi connectivity index (χ2n) is 4.48. The van der Waals surface area contributed by atoms with Crippen LogP contribution in [-0.2, 0) is 17.7 Å². The summed E-state index contributed by atoms with van der Waals surface area (Å²) >= 11 is 6.03. The summed E-state index contributed by atoms with van der Waals surface area (Å²) in [6, 6.07) is 2.06. The van der Waals surface area contributed by atoms with E-state index in [0.717, 1.165) is 11.1 Å². The van der Waals surface area contributed by atoms with Crippen molar-refractivity contribution in [2.75, 3.05) is 25.5 Å². The van der Waals surface area contributed by atoms with Crippen LogP contribution in [0.15, 0.2) is 12.7 Å². The number of ether oxygens (including phenoxy) is 1. The average molecular weight is 337 g/mol. The molecule has 1 amide bonds. The first-order chi connectivity index (χ1) is 11.1. The fourth-order valence-electron chi connectivity index (χ4n) is 2.30. The number of nitriles is 1. The van der Waals surface area contributed by atoms with Crippen LogP contribution in [0.4, 0.5) is 10.6 Å². The number of fused-ring (bicyclic) bond motifs is 1. The number of nitrogens with one attached hydrogen (secondary N) is 1. The second-order valence-corrected chi connectivity index (χ2v) is 4.84. The lowest BCUT2D eigenvalue weighted by Gasteiger charge is -2.29. The van der Waals surface area contributed by atoms with Crippen LogP contribution in [0.3, 0.4) is 0 Å². The summed E-state index contributed by atoms with van der Waals surface area (Å²) in [7, 11) is 1.75. The number of aromatic nitrogens is 1. The van der Waals surface area contributed by atoms with Crippen LogP contribution in [0.2, 0.25) is 5.15 Å². The molecule has 7 heteroatoms. The molecule has 1 aromatic rings. The smallest absolute Gasteiger partial charge is 0.410 e. The van der Waals surface area contributed by atoms with Crippen molar-refractivity contribution in [2.45, 2.75) is 26.8 Å². The van der Waals surface area contributed by atoms with E-state index in [9.17, 15) is 10.1 Å². The first kappa shape index (κ1) is 18.8. The van der Waals surface area contributed by atoms with Crippen LogP contribution in [0.1, 0.15) is 30.5 Å². The molecule has 0 radical (unpaired) electrons. The fourth-order valence-corrected chi connectivity index (χ4v) is 2.54. The van der Waals surface area contributed by atoms with Gasteiger partial charge in [0.2, 0.25) is 0 Å². The Labute approximate surface area is 141 Å². The third-order valence-corrected chi connectivity index (χ3v) is 3.55. The van der Waals surface area contributed by atoms with Gasteiger partial charge >= 0.3 is 6.09 Å². The molecule has 0 aromatic carbocycles. The van der Waals surface area contributed by atoms with Crippen molar-refractivity contribution >= 4 is 23.5 Å². The Hall–Kier alpha value is -2.26. The lowest BCUT2D eigenvalue weighted by molar-refractivity contribution is 0.107. The minimum absolute atomic E-state index is 0.141. The van der Waals surface area contributed by atoms with E-state index in [2.05, 4.69) is 22.9 Å². The van der Waals surface area contributed by atoms with Gasteiger partial charge in [-0.1, -0.05) is 38.1 Å². The topological polar surface area (TPSA) is 78.2 Å². The van der Waals surface area contributed by atoms with Crippen molar-refractivity contribution < 1.29 is 9.53 Å². The maximum absolute atomic E-state index is 11.9. The molecule has 0 aliphatic carbocycles. The van der Waals surface area contributed by atoms with Crippen LogP contribution < -0.4 is 5.32 Å². The molecule has 124 valence electrons. The van der Waals surface area contributed by atoms with Gasteiger partial charge < -0.3 is 15.0 Å². The molecule has 0 saturated carbocycles. The predicted octanol–water partition coefficient (Wildman–Crippen LogP) is 3.36. The van der Waals surface area contributed by atoms with Gasteiger partial charge in [-0.15, -0.1) is 0 Å². The Morgan fingerprint density at radius 3 is 2.83 bits per heavy atom. The van der Waals surface area contributed by atoms with E-state index in [1.807, 2.05) is 13.8 Å². The normalized spacial score (nSPS) is 12.2. The molecule has 0 bridgehead atoms. The number of hydrogen-bond donors (Lipinski definition) is 1. The van der Waals surface area contributed by atoms with Gasteiger partial charge in [-0.05, 0) is 12.0 Å². The number of halogens is 1. The van der Waals surface area contributed by atoms with Crippen molar-refractivity contribution in [1.29, 1.82) is 5.26 Å². The Morgan fingerprint density at radius 1 is 1.57 bits per heavy atom. The molecular weight excluding hydrogens is 316 g/mol. The van der Waals surface area contributed by atoms with E-state index in [0.29, 0.717) is 24.3 Å². The van der Waals surface area contributed by atoms with Crippen molar-refractivity contribution in [2.24, 2.45) is 0 Å². The Morgan fingerprint density at radius 2 is 2.26 bits per heavy atom. The first-order valence-corrected chi connectivity index (χ1v) is 7.81. The first-order valence-electron chi connectivity index (χ1n) is 7.44. The maximum atomic E-state index is 11.9. The summed E-state index contributed by atoms with van der Waals surface area (Å²) < 4.78 is 5.03. The van der Waals surface area contributed by atoms with Gasteiger partial charge in [0.1, 0.15) is 23.6 Å². The summed E-state index contributed by atoms with van der Waals surface area (Å²) in [6.45, 7) is 8.45. The Kier molecular flexibility index (Phi) is 7.36. The van der Waals surface area contributed by atoms with Crippen molar-refractivity contribution in [3.05, 3.63) is 34.5 Å². The highest BCUT2D eigenvalue weighted by molar-refractivity contribution is 6.30. The third-order valence-electron chi connectivity index (χ3n) is 3.28.